The van der Waals surface area contributed by atoms with Gasteiger partial charge in [0.1, 0.15) is 17.3 Å². The lowest BCUT2D eigenvalue weighted by Crippen LogP contribution is -2.37. The molecular formula is C62H60N4O. The molecule has 0 saturated heterocycles. The summed E-state index contributed by atoms with van der Waals surface area (Å²) in [6.45, 7) is 14.1. The van der Waals surface area contributed by atoms with Crippen molar-refractivity contribution in [3.05, 3.63) is 198 Å². The first-order valence-corrected chi connectivity index (χ1v) is 22.6. The van der Waals surface area contributed by atoms with Crippen molar-refractivity contribution in [1.82, 2.24) is 14.1 Å². The predicted octanol–water partition coefficient (Wildman–Crippen LogP) is 15.8. The van der Waals surface area contributed by atoms with E-state index < -0.39 is 54.7 Å². The van der Waals surface area contributed by atoms with E-state index >= 15 is 0 Å². The Balaban J connectivity index is 1.13. The molecular weight excluding hydrogens is 817 g/mol. The minimum absolute atomic E-state index is 0.0164. The Morgan fingerprint density at radius 2 is 1.30 bits per heavy atom. The highest BCUT2D eigenvalue weighted by atomic mass is 16.5. The summed E-state index contributed by atoms with van der Waals surface area (Å²) in [7, 11) is 0. The molecule has 10 aromatic rings. The second-order valence-corrected chi connectivity index (χ2v) is 20.4. The SMILES string of the molecule is [2H]c1c([2H])c([2H])c(-c2cnc(-n3c4ccccc4c4ccc(Oc5cccc(-n6[c-][n+](-c7c(C(C)(C)C)cc(C([2H])([2H])[2H])cc7C(C)(C)C)c7ccc(-c8ccc(C(C)(C)C)cc8)cc76)c5)cc43)cc2C([2H])([2H])[2H])c([2H])c1[2H]. The number of imidazole rings is 1. The number of aryl methyl sites for hydroxylation is 2. The molecule has 0 aliphatic carbocycles. The van der Waals surface area contributed by atoms with E-state index in [0.717, 1.165) is 61.0 Å². The van der Waals surface area contributed by atoms with Crippen LogP contribution in [-0.2, 0) is 16.2 Å². The van der Waals surface area contributed by atoms with Crippen LogP contribution in [0.5, 0.6) is 11.5 Å². The third-order valence-electron chi connectivity index (χ3n) is 12.5. The smallest absolute Gasteiger partial charge is 0.269 e. The van der Waals surface area contributed by atoms with Crippen molar-refractivity contribution < 1.29 is 24.4 Å². The van der Waals surface area contributed by atoms with E-state index in [9.17, 15) is 0 Å². The number of ether oxygens (including phenoxy) is 1. The molecule has 5 nitrogen and oxygen atoms in total. The van der Waals surface area contributed by atoms with Gasteiger partial charge >= 0.3 is 0 Å². The van der Waals surface area contributed by atoms with Crippen LogP contribution in [0.1, 0.15) is 105 Å². The molecule has 0 spiro atoms. The van der Waals surface area contributed by atoms with Crippen molar-refractivity contribution in [3.8, 4) is 50.9 Å². The highest BCUT2D eigenvalue weighted by Gasteiger charge is 2.29. The topological polar surface area (TPSA) is 35.9 Å². The first kappa shape index (κ1) is 32.4. The first-order valence-electron chi connectivity index (χ1n) is 28.1. The van der Waals surface area contributed by atoms with Crippen LogP contribution in [-0.4, -0.2) is 14.1 Å². The fraction of sp³-hybridized carbons (Fsp3) is 0.226. The lowest BCUT2D eigenvalue weighted by atomic mass is 9.77. The van der Waals surface area contributed by atoms with Gasteiger partial charge in [-0.2, -0.15) is 0 Å². The summed E-state index contributed by atoms with van der Waals surface area (Å²) in [6, 6.07) is 38.4. The Hall–Kier alpha value is -7.24. The van der Waals surface area contributed by atoms with E-state index in [4.69, 9.17) is 24.8 Å². The van der Waals surface area contributed by atoms with Gasteiger partial charge in [0.15, 0.2) is 0 Å². The number of aromatic nitrogens is 4. The quantitative estimate of drug-likeness (QED) is 0.118. The van der Waals surface area contributed by atoms with E-state index in [1.807, 2.05) is 88.0 Å². The summed E-state index contributed by atoms with van der Waals surface area (Å²) in [4.78, 5) is 4.74. The summed E-state index contributed by atoms with van der Waals surface area (Å²) < 4.78 is 106. The van der Waals surface area contributed by atoms with Crippen molar-refractivity contribution in [2.45, 2.75) is 92.3 Å². The molecule has 67 heavy (non-hydrogen) atoms. The molecule has 7 aromatic carbocycles. The largest absolute Gasteiger partial charge is 0.458 e. The van der Waals surface area contributed by atoms with Crippen molar-refractivity contribution in [2.75, 3.05) is 0 Å². The number of hydrogen-bond donors (Lipinski definition) is 0. The number of hydrogen-bond acceptors (Lipinski definition) is 2. The average Bonchev–Trinajstić information content (AvgIpc) is 3.97. The van der Waals surface area contributed by atoms with Gasteiger partial charge in [-0.3, -0.25) is 13.7 Å². The van der Waals surface area contributed by atoms with Gasteiger partial charge in [0, 0.05) is 36.8 Å². The molecule has 334 valence electrons. The molecule has 3 heterocycles. The van der Waals surface area contributed by atoms with Crippen LogP contribution in [0.4, 0.5) is 0 Å². The third-order valence-corrected chi connectivity index (χ3v) is 12.5. The molecule has 0 radical (unpaired) electrons. The first-order chi connectivity index (χ1) is 36.4. The zero-order valence-electron chi connectivity index (χ0n) is 50.4. The Bertz CT molecular complexity index is 3970. The van der Waals surface area contributed by atoms with Crippen LogP contribution in [0.25, 0.3) is 72.3 Å². The number of nitrogens with zero attached hydrogens (tertiary/aromatic N) is 4. The van der Waals surface area contributed by atoms with Crippen molar-refractivity contribution in [2.24, 2.45) is 0 Å². The minimum Gasteiger partial charge on any atom is -0.458 e. The summed E-state index contributed by atoms with van der Waals surface area (Å²) >= 11 is 0. The number of pyridine rings is 1. The third kappa shape index (κ3) is 8.11. The van der Waals surface area contributed by atoms with Gasteiger partial charge < -0.3 is 4.74 Å². The fourth-order valence-corrected chi connectivity index (χ4v) is 9.06. The van der Waals surface area contributed by atoms with Gasteiger partial charge in [-0.1, -0.05) is 171 Å². The Kier molecular flexibility index (Phi) is 7.88. The molecule has 0 aliphatic rings. The van der Waals surface area contributed by atoms with Crippen LogP contribution >= 0.6 is 0 Å². The van der Waals surface area contributed by atoms with E-state index in [1.165, 1.54) is 17.8 Å². The molecule has 3 aromatic heterocycles. The maximum atomic E-state index is 8.65. The van der Waals surface area contributed by atoms with Gasteiger partial charge in [0.2, 0.25) is 0 Å². The number of fused-ring (bicyclic) bond motifs is 4. The summed E-state index contributed by atoms with van der Waals surface area (Å²) in [6.07, 6.45) is 5.02. The van der Waals surface area contributed by atoms with E-state index in [0.29, 0.717) is 17.0 Å². The van der Waals surface area contributed by atoms with Crippen LogP contribution in [0.15, 0.2) is 164 Å². The zero-order chi connectivity index (χ0) is 56.3. The molecule has 0 bridgehead atoms. The number of benzene rings is 7. The van der Waals surface area contributed by atoms with E-state index in [1.54, 1.807) is 0 Å². The van der Waals surface area contributed by atoms with Crippen LogP contribution in [0.2, 0.25) is 0 Å². The molecule has 0 saturated carbocycles. The average molecular weight is 888 g/mol. The Morgan fingerprint density at radius 1 is 0.597 bits per heavy atom. The molecule has 0 amide bonds. The summed E-state index contributed by atoms with van der Waals surface area (Å²) in [5.74, 6) is 1.24. The molecule has 0 aliphatic heterocycles. The van der Waals surface area contributed by atoms with Crippen molar-refractivity contribution >= 4 is 32.8 Å². The lowest BCUT2D eigenvalue weighted by molar-refractivity contribution is -0.574. The monoisotopic (exact) mass is 888 g/mol. The molecule has 0 unspecified atom stereocenters. The van der Waals surface area contributed by atoms with Gasteiger partial charge in [-0.15, -0.1) is 0 Å². The van der Waals surface area contributed by atoms with Gasteiger partial charge in [-0.05, 0) is 117 Å². The molecule has 0 fully saturated rings. The summed E-state index contributed by atoms with van der Waals surface area (Å²) in [5.41, 5.74) is 8.57. The van der Waals surface area contributed by atoms with Crippen LogP contribution < -0.4 is 9.30 Å². The Labute approximate surface area is 411 Å². The molecule has 5 heteroatoms. The molecule has 10 rings (SSSR count). The van der Waals surface area contributed by atoms with Gasteiger partial charge in [-0.25, -0.2) is 4.98 Å². The van der Waals surface area contributed by atoms with E-state index in [2.05, 4.69) is 116 Å². The Morgan fingerprint density at radius 3 is 2.00 bits per heavy atom. The normalized spacial score (nSPS) is 15.1. The maximum absolute atomic E-state index is 8.65. The van der Waals surface area contributed by atoms with E-state index in [-0.39, 0.29) is 33.5 Å². The number of para-hydroxylation sites is 1. The van der Waals surface area contributed by atoms with Crippen LogP contribution in [0.3, 0.4) is 0 Å². The highest BCUT2D eigenvalue weighted by Crippen LogP contribution is 2.39. The second-order valence-electron chi connectivity index (χ2n) is 20.4. The fourth-order valence-electron chi connectivity index (χ4n) is 9.06. The van der Waals surface area contributed by atoms with Crippen molar-refractivity contribution in [1.29, 1.82) is 0 Å². The lowest BCUT2D eigenvalue weighted by Gasteiger charge is -2.31. The molecule has 0 atom stereocenters. The second kappa shape index (κ2) is 16.3. The van der Waals surface area contributed by atoms with Gasteiger partial charge in [0.05, 0.1) is 40.3 Å². The van der Waals surface area contributed by atoms with Crippen molar-refractivity contribution in [3.63, 3.8) is 0 Å². The standard InChI is InChI=1S/C62H60N4O/c1-40-32-52(61(6,7)8)59(53(33-40)62(9,10)11)65-39-64(57-35-44(26-31-55(57)65)42-24-27-45(28-25-42)60(3,4)5)46-20-17-21-47(36-46)67-48-29-30-50-49-22-15-16-23-54(49)66(56(50)37-48)58-34-41(2)51(38-63-58)43-18-13-12-14-19-43/h12-38H,1-11H3/i1D3,2D3,12D,13D,14D,18D,19D. The highest BCUT2D eigenvalue weighted by molar-refractivity contribution is 6.09. The summed E-state index contributed by atoms with van der Waals surface area (Å²) in [5, 5.41) is 1.72. The minimum atomic E-state index is -2.76. The number of rotatable bonds is 7. The van der Waals surface area contributed by atoms with Crippen LogP contribution in [0, 0.1) is 20.0 Å². The molecule has 0 N–H and O–H groups in total. The zero-order valence-corrected chi connectivity index (χ0v) is 39.4. The maximum Gasteiger partial charge on any atom is 0.269 e. The van der Waals surface area contributed by atoms with Gasteiger partial charge in [0.25, 0.3) is 6.33 Å². The predicted molar refractivity (Wildman–Crippen MR) is 279 cm³/mol.